The molecule has 0 unspecified atom stereocenters. The number of rotatable bonds is 5. The van der Waals surface area contributed by atoms with Gasteiger partial charge in [0.15, 0.2) is 0 Å². The van der Waals surface area contributed by atoms with E-state index in [1.54, 1.807) is 41.8 Å². The summed E-state index contributed by atoms with van der Waals surface area (Å²) in [5.74, 6) is -1.12. The summed E-state index contributed by atoms with van der Waals surface area (Å²) in [5.41, 5.74) is 1.77. The summed E-state index contributed by atoms with van der Waals surface area (Å²) in [5, 5.41) is 1.42. The molecular weight excluding hydrogens is 446 g/mol. The van der Waals surface area contributed by atoms with Crippen molar-refractivity contribution in [1.82, 2.24) is 4.57 Å². The van der Waals surface area contributed by atoms with E-state index in [1.165, 1.54) is 0 Å². The lowest BCUT2D eigenvalue weighted by atomic mass is 9.88. The first-order chi connectivity index (χ1) is 16.8. The molecule has 0 bridgehead atoms. The first kappa shape index (κ1) is 22.9. The first-order valence-corrected chi connectivity index (χ1v) is 11.8. The number of nitrogens with zero attached hydrogens (tertiary/aromatic N) is 1. The normalized spacial score (nSPS) is 17.1. The number of carbonyl (C=O) groups is 1. The molecule has 0 N–H and O–H groups in total. The molecule has 180 valence electrons. The molecule has 3 heterocycles. The van der Waals surface area contributed by atoms with Crippen molar-refractivity contribution in [2.45, 2.75) is 46.3 Å². The number of fused-ring (bicyclic) bond motifs is 4. The van der Waals surface area contributed by atoms with Crippen LogP contribution in [0.1, 0.15) is 43.4 Å². The Labute approximate surface area is 201 Å². The number of aromatic nitrogens is 1. The van der Waals surface area contributed by atoms with Crippen LogP contribution < -0.4 is 15.9 Å². The van der Waals surface area contributed by atoms with Crippen LogP contribution in [0, 0.1) is 12.8 Å². The van der Waals surface area contributed by atoms with E-state index in [0.29, 0.717) is 23.1 Å². The summed E-state index contributed by atoms with van der Waals surface area (Å²) in [6.07, 6.45) is -1.18. The van der Waals surface area contributed by atoms with Gasteiger partial charge in [0.2, 0.25) is 6.10 Å². The van der Waals surface area contributed by atoms with Crippen molar-refractivity contribution in [2.24, 2.45) is 5.92 Å². The summed E-state index contributed by atoms with van der Waals surface area (Å²) in [6, 6.07) is 14.6. The zero-order valence-electron chi connectivity index (χ0n) is 20.2. The molecule has 0 aliphatic carbocycles. The quantitative estimate of drug-likeness (QED) is 0.313. The number of esters is 1. The molecule has 1 aliphatic heterocycles. The Morgan fingerprint density at radius 3 is 2.63 bits per heavy atom. The molecule has 5 rings (SSSR count). The zero-order chi connectivity index (χ0) is 24.9. The second-order valence-electron chi connectivity index (χ2n) is 9.37. The van der Waals surface area contributed by atoms with Crippen LogP contribution in [0.15, 0.2) is 62.5 Å². The Kier molecular flexibility index (Phi) is 5.71. The molecule has 1 aliphatic rings. The minimum Gasteiger partial charge on any atom is -0.476 e. The van der Waals surface area contributed by atoms with Gasteiger partial charge in [-0.15, -0.1) is 0 Å². The Balaban J connectivity index is 1.84. The summed E-state index contributed by atoms with van der Waals surface area (Å²) in [6.45, 7) is 8.39. The van der Waals surface area contributed by atoms with Crippen molar-refractivity contribution >= 4 is 27.8 Å². The average Bonchev–Trinajstić information content (AvgIpc) is 3.22. The third-order valence-corrected chi connectivity index (χ3v) is 6.34. The maximum absolute atomic E-state index is 13.9. The van der Waals surface area contributed by atoms with Crippen molar-refractivity contribution in [2.75, 3.05) is 6.61 Å². The van der Waals surface area contributed by atoms with E-state index in [0.717, 1.165) is 16.5 Å². The summed E-state index contributed by atoms with van der Waals surface area (Å²) in [4.78, 5) is 40.2. The van der Waals surface area contributed by atoms with Crippen LogP contribution >= 0.6 is 0 Å². The van der Waals surface area contributed by atoms with Gasteiger partial charge < -0.3 is 18.5 Å². The smallest absolute Gasteiger partial charge is 0.348 e. The first-order valence-electron chi connectivity index (χ1n) is 11.8. The van der Waals surface area contributed by atoms with Crippen molar-refractivity contribution in [1.29, 1.82) is 0 Å². The van der Waals surface area contributed by atoms with Gasteiger partial charge in [-0.05, 0) is 55.5 Å². The van der Waals surface area contributed by atoms with Gasteiger partial charge in [0.25, 0.3) is 5.56 Å². The summed E-state index contributed by atoms with van der Waals surface area (Å²) < 4.78 is 18.7. The predicted molar refractivity (Wildman–Crippen MR) is 133 cm³/mol. The second kappa shape index (κ2) is 8.73. The molecule has 4 aromatic rings. The standard InChI is InChI=1S/C28H27NO6/c1-5-33-28(32)25-22(23-24(35-25)18-8-6-7-9-21(18)34-27(23)31)19-13-17-12-16(4)10-11-20(17)29(26(19)30)14-15(2)3/h6-13,15,22,25H,5,14H2,1-4H3/t22-,25-/m0/s1. The van der Waals surface area contributed by atoms with Gasteiger partial charge in [-0.1, -0.05) is 37.6 Å². The number of aryl methyl sites for hydroxylation is 1. The predicted octanol–water partition coefficient (Wildman–Crippen LogP) is 4.53. The highest BCUT2D eigenvalue weighted by atomic mass is 16.6. The fourth-order valence-electron chi connectivity index (χ4n) is 4.90. The van der Waals surface area contributed by atoms with Crippen molar-refractivity contribution in [3.63, 3.8) is 0 Å². The van der Waals surface area contributed by atoms with Gasteiger partial charge in [-0.25, -0.2) is 9.59 Å². The van der Waals surface area contributed by atoms with Crippen molar-refractivity contribution in [3.8, 4) is 5.75 Å². The molecule has 0 saturated carbocycles. The molecule has 2 aromatic heterocycles. The monoisotopic (exact) mass is 473 g/mol. The van der Waals surface area contributed by atoms with Crippen LogP contribution in [0.4, 0.5) is 0 Å². The van der Waals surface area contributed by atoms with E-state index >= 15 is 0 Å². The van der Waals surface area contributed by atoms with E-state index in [-0.39, 0.29) is 29.4 Å². The van der Waals surface area contributed by atoms with Crippen LogP contribution in [-0.2, 0) is 16.1 Å². The highest BCUT2D eigenvalue weighted by Gasteiger charge is 2.46. The highest BCUT2D eigenvalue weighted by Crippen LogP contribution is 2.44. The molecule has 0 saturated heterocycles. The number of hydrogen-bond acceptors (Lipinski definition) is 6. The number of carbonyl (C=O) groups excluding carboxylic acids is 1. The van der Waals surface area contributed by atoms with E-state index in [9.17, 15) is 14.4 Å². The summed E-state index contributed by atoms with van der Waals surface area (Å²) >= 11 is 0. The number of hydrogen-bond donors (Lipinski definition) is 0. The Morgan fingerprint density at radius 2 is 1.89 bits per heavy atom. The maximum atomic E-state index is 13.9. The molecule has 7 heteroatoms. The van der Waals surface area contributed by atoms with Crippen LogP contribution in [0.2, 0.25) is 0 Å². The van der Waals surface area contributed by atoms with E-state index in [4.69, 9.17) is 13.9 Å². The Hall–Kier alpha value is -3.87. The van der Waals surface area contributed by atoms with E-state index < -0.39 is 23.6 Å². The lowest BCUT2D eigenvalue weighted by Gasteiger charge is -2.20. The Morgan fingerprint density at radius 1 is 1.11 bits per heavy atom. The van der Waals surface area contributed by atoms with Crippen LogP contribution in [0.3, 0.4) is 0 Å². The molecule has 2 atom stereocenters. The van der Waals surface area contributed by atoms with Crippen molar-refractivity contribution in [3.05, 3.63) is 86.0 Å². The molecule has 0 radical (unpaired) electrons. The SMILES string of the molecule is CCOC(=O)[C@H]1Oc2c(c(=O)oc3ccccc23)[C@@H]1c1cc2cc(C)ccc2n(CC(C)C)c1=O. The number of ether oxygens (including phenoxy) is 2. The molecule has 2 aromatic carbocycles. The molecule has 0 amide bonds. The molecule has 7 nitrogen and oxygen atoms in total. The highest BCUT2D eigenvalue weighted by molar-refractivity contribution is 5.89. The number of pyridine rings is 1. The largest absolute Gasteiger partial charge is 0.476 e. The van der Waals surface area contributed by atoms with Crippen LogP contribution in [-0.4, -0.2) is 23.2 Å². The zero-order valence-corrected chi connectivity index (χ0v) is 20.2. The molecular formula is C28H27NO6. The van der Waals surface area contributed by atoms with Gasteiger partial charge in [0, 0.05) is 12.1 Å². The van der Waals surface area contributed by atoms with Crippen molar-refractivity contribution < 1.29 is 18.7 Å². The maximum Gasteiger partial charge on any atom is 0.348 e. The molecule has 35 heavy (non-hydrogen) atoms. The lowest BCUT2D eigenvalue weighted by molar-refractivity contribution is -0.151. The second-order valence-corrected chi connectivity index (χ2v) is 9.37. The minimum absolute atomic E-state index is 0.144. The third kappa shape index (κ3) is 3.81. The summed E-state index contributed by atoms with van der Waals surface area (Å²) in [7, 11) is 0. The van der Waals surface area contributed by atoms with Crippen LogP contribution in [0.25, 0.3) is 21.9 Å². The lowest BCUT2D eigenvalue weighted by Crippen LogP contribution is -2.37. The molecule has 0 fully saturated rings. The fourth-order valence-corrected chi connectivity index (χ4v) is 4.90. The minimum atomic E-state index is -1.18. The van der Waals surface area contributed by atoms with E-state index in [1.807, 2.05) is 39.0 Å². The fraction of sp³-hybridized carbons (Fsp3) is 0.321. The number of para-hydroxylation sites is 1. The molecule has 0 spiro atoms. The van der Waals surface area contributed by atoms with Gasteiger partial charge in [-0.2, -0.15) is 0 Å². The Bertz CT molecular complexity index is 1580. The van der Waals surface area contributed by atoms with Crippen LogP contribution in [0.5, 0.6) is 5.75 Å². The number of benzene rings is 2. The average molecular weight is 474 g/mol. The topological polar surface area (TPSA) is 87.7 Å². The van der Waals surface area contributed by atoms with Gasteiger partial charge in [0.05, 0.1) is 29.0 Å². The van der Waals surface area contributed by atoms with E-state index in [2.05, 4.69) is 0 Å². The third-order valence-electron chi connectivity index (χ3n) is 6.34. The van der Waals surface area contributed by atoms with Gasteiger partial charge in [0.1, 0.15) is 11.3 Å². The van der Waals surface area contributed by atoms with Gasteiger partial charge >= 0.3 is 11.6 Å². The van der Waals surface area contributed by atoms with Gasteiger partial charge in [-0.3, -0.25) is 4.79 Å².